The van der Waals surface area contributed by atoms with Crippen molar-refractivity contribution in [2.24, 2.45) is 11.7 Å². The second kappa shape index (κ2) is 6.15. The van der Waals surface area contributed by atoms with Crippen molar-refractivity contribution >= 4 is 0 Å². The number of fused-ring (bicyclic) bond motifs is 1. The highest BCUT2D eigenvalue weighted by Gasteiger charge is 2.23. The van der Waals surface area contributed by atoms with Crippen LogP contribution in [0, 0.1) is 5.92 Å². The van der Waals surface area contributed by atoms with Crippen molar-refractivity contribution in [3.05, 3.63) is 28.8 Å². The fourth-order valence-corrected chi connectivity index (χ4v) is 3.56. The summed E-state index contributed by atoms with van der Waals surface area (Å²) >= 11 is 0. The molecule has 0 spiro atoms. The number of hydrogen-bond donors (Lipinski definition) is 1. The van der Waals surface area contributed by atoms with Gasteiger partial charge in [-0.1, -0.05) is 6.07 Å². The number of nitrogens with zero attached hydrogens (tertiary/aromatic N) is 1. The first-order chi connectivity index (χ1) is 9.80. The van der Waals surface area contributed by atoms with Gasteiger partial charge in [0.05, 0.1) is 6.61 Å². The molecule has 2 N–H and O–H groups in total. The second-order valence-electron chi connectivity index (χ2n) is 6.14. The Morgan fingerprint density at radius 2 is 2.10 bits per heavy atom. The lowest BCUT2D eigenvalue weighted by molar-refractivity contribution is 0.297. The van der Waals surface area contributed by atoms with Crippen LogP contribution < -0.4 is 10.5 Å². The number of hydrogen-bond acceptors (Lipinski definition) is 3. The Morgan fingerprint density at radius 1 is 1.30 bits per heavy atom. The SMILES string of the molecule is CCOc1cc2c(cc1CN1CC[C@H](CN)C1)CCC2. The summed E-state index contributed by atoms with van der Waals surface area (Å²) in [6.45, 7) is 6.95. The maximum absolute atomic E-state index is 5.87. The van der Waals surface area contributed by atoms with Crippen molar-refractivity contribution in [2.75, 3.05) is 26.2 Å². The van der Waals surface area contributed by atoms with Crippen LogP contribution in [-0.4, -0.2) is 31.1 Å². The number of likely N-dealkylation sites (tertiary alicyclic amines) is 1. The number of ether oxygens (including phenoxy) is 1. The Morgan fingerprint density at radius 3 is 2.80 bits per heavy atom. The molecule has 1 aliphatic heterocycles. The Hall–Kier alpha value is -1.06. The number of rotatable bonds is 5. The van der Waals surface area contributed by atoms with Gasteiger partial charge >= 0.3 is 0 Å². The molecule has 1 saturated heterocycles. The van der Waals surface area contributed by atoms with Crippen molar-refractivity contribution in [1.82, 2.24) is 4.90 Å². The van der Waals surface area contributed by atoms with Gasteiger partial charge in [0.1, 0.15) is 5.75 Å². The minimum absolute atomic E-state index is 0.681. The van der Waals surface area contributed by atoms with E-state index >= 15 is 0 Å². The highest BCUT2D eigenvalue weighted by atomic mass is 16.5. The summed E-state index contributed by atoms with van der Waals surface area (Å²) in [5.74, 6) is 1.78. The van der Waals surface area contributed by atoms with E-state index in [1.54, 1.807) is 0 Å². The summed E-state index contributed by atoms with van der Waals surface area (Å²) < 4.78 is 5.87. The van der Waals surface area contributed by atoms with Gasteiger partial charge < -0.3 is 10.5 Å². The molecule has 1 fully saturated rings. The minimum atomic E-state index is 0.681. The quantitative estimate of drug-likeness (QED) is 0.896. The molecular weight excluding hydrogens is 248 g/mol. The zero-order valence-electron chi connectivity index (χ0n) is 12.5. The van der Waals surface area contributed by atoms with Gasteiger partial charge in [-0.2, -0.15) is 0 Å². The van der Waals surface area contributed by atoms with Crippen molar-refractivity contribution in [2.45, 2.75) is 39.2 Å². The number of nitrogens with two attached hydrogens (primary N) is 1. The van der Waals surface area contributed by atoms with E-state index < -0.39 is 0 Å². The van der Waals surface area contributed by atoms with Crippen molar-refractivity contribution < 1.29 is 4.74 Å². The van der Waals surface area contributed by atoms with E-state index in [1.165, 1.54) is 48.9 Å². The van der Waals surface area contributed by atoms with E-state index in [2.05, 4.69) is 24.0 Å². The van der Waals surface area contributed by atoms with Crippen molar-refractivity contribution in [1.29, 1.82) is 0 Å². The first kappa shape index (κ1) is 13.9. The molecule has 20 heavy (non-hydrogen) atoms. The van der Waals surface area contributed by atoms with Crippen LogP contribution >= 0.6 is 0 Å². The molecule has 1 atom stereocenters. The average Bonchev–Trinajstić information content (AvgIpc) is 3.08. The van der Waals surface area contributed by atoms with E-state index in [-0.39, 0.29) is 0 Å². The molecule has 0 bridgehead atoms. The average molecular weight is 274 g/mol. The molecule has 3 nitrogen and oxygen atoms in total. The third-order valence-electron chi connectivity index (χ3n) is 4.67. The molecule has 0 aromatic heterocycles. The topological polar surface area (TPSA) is 38.5 Å². The predicted octanol–water partition coefficient (Wildman–Crippen LogP) is 2.35. The second-order valence-corrected chi connectivity index (χ2v) is 6.14. The Bertz CT molecular complexity index is 472. The van der Waals surface area contributed by atoms with Crippen molar-refractivity contribution in [3.8, 4) is 5.75 Å². The maximum atomic E-state index is 5.87. The summed E-state index contributed by atoms with van der Waals surface area (Å²) in [7, 11) is 0. The molecule has 0 amide bonds. The summed E-state index contributed by atoms with van der Waals surface area (Å²) in [6.07, 6.45) is 4.99. The van der Waals surface area contributed by atoms with Gasteiger partial charge in [0.2, 0.25) is 0 Å². The lowest BCUT2D eigenvalue weighted by Gasteiger charge is -2.19. The van der Waals surface area contributed by atoms with Gasteiger partial charge in [0.25, 0.3) is 0 Å². The zero-order chi connectivity index (χ0) is 13.9. The Labute approximate surface area is 122 Å². The largest absolute Gasteiger partial charge is 0.494 e. The van der Waals surface area contributed by atoms with Crippen LogP contribution in [0.4, 0.5) is 0 Å². The lowest BCUT2D eigenvalue weighted by Crippen LogP contribution is -2.23. The van der Waals surface area contributed by atoms with E-state index in [1.807, 2.05) is 0 Å². The van der Waals surface area contributed by atoms with Gasteiger partial charge in [0.15, 0.2) is 0 Å². The maximum Gasteiger partial charge on any atom is 0.124 e. The van der Waals surface area contributed by atoms with Crippen molar-refractivity contribution in [3.63, 3.8) is 0 Å². The number of benzene rings is 1. The van der Waals surface area contributed by atoms with Gasteiger partial charge in [-0.05, 0) is 68.8 Å². The van der Waals surface area contributed by atoms with Crippen LogP contribution in [0.3, 0.4) is 0 Å². The summed E-state index contributed by atoms with van der Waals surface area (Å²) in [6, 6.07) is 4.68. The van der Waals surface area contributed by atoms with Crippen LogP contribution in [0.5, 0.6) is 5.75 Å². The highest BCUT2D eigenvalue weighted by Crippen LogP contribution is 2.31. The third kappa shape index (κ3) is 2.84. The van der Waals surface area contributed by atoms with E-state index in [4.69, 9.17) is 10.5 Å². The van der Waals surface area contributed by atoms with Gasteiger partial charge in [-0.15, -0.1) is 0 Å². The fraction of sp³-hybridized carbons (Fsp3) is 0.647. The molecule has 0 unspecified atom stereocenters. The summed E-state index contributed by atoms with van der Waals surface area (Å²) in [4.78, 5) is 2.52. The van der Waals surface area contributed by atoms with Crippen LogP contribution in [-0.2, 0) is 19.4 Å². The van der Waals surface area contributed by atoms with Gasteiger partial charge in [-0.25, -0.2) is 0 Å². The Kier molecular flexibility index (Phi) is 4.27. The predicted molar refractivity (Wildman–Crippen MR) is 82.1 cm³/mol. The minimum Gasteiger partial charge on any atom is -0.494 e. The molecule has 2 aliphatic rings. The molecule has 1 aromatic rings. The molecule has 0 saturated carbocycles. The molecule has 1 aromatic carbocycles. The smallest absolute Gasteiger partial charge is 0.124 e. The fourth-order valence-electron chi connectivity index (χ4n) is 3.56. The molecule has 1 aliphatic carbocycles. The van der Waals surface area contributed by atoms with Crippen LogP contribution in [0.1, 0.15) is 36.5 Å². The highest BCUT2D eigenvalue weighted by molar-refractivity contribution is 5.44. The molecular formula is C17H26N2O. The zero-order valence-corrected chi connectivity index (χ0v) is 12.5. The van der Waals surface area contributed by atoms with E-state index in [9.17, 15) is 0 Å². The molecule has 1 heterocycles. The monoisotopic (exact) mass is 274 g/mol. The first-order valence-electron chi connectivity index (χ1n) is 8.00. The standard InChI is InChI=1S/C17H26N2O/c1-2-20-17-9-15-5-3-4-14(15)8-16(17)12-19-7-6-13(10-18)11-19/h8-9,13H,2-7,10-12,18H2,1H3/t13-/m1/s1. The molecule has 0 radical (unpaired) electrons. The summed E-state index contributed by atoms with van der Waals surface area (Å²) in [5.41, 5.74) is 10.2. The Balaban J connectivity index is 1.77. The van der Waals surface area contributed by atoms with Gasteiger partial charge in [-0.3, -0.25) is 4.90 Å². The lowest BCUT2D eigenvalue weighted by atomic mass is 10.0. The molecule has 3 rings (SSSR count). The third-order valence-corrected chi connectivity index (χ3v) is 4.67. The molecule has 3 heteroatoms. The van der Waals surface area contributed by atoms with E-state index in [0.717, 1.165) is 32.0 Å². The number of aryl methyl sites for hydroxylation is 2. The van der Waals surface area contributed by atoms with Crippen LogP contribution in [0.15, 0.2) is 12.1 Å². The van der Waals surface area contributed by atoms with Crippen LogP contribution in [0.25, 0.3) is 0 Å². The van der Waals surface area contributed by atoms with E-state index in [0.29, 0.717) is 5.92 Å². The molecule has 110 valence electrons. The van der Waals surface area contributed by atoms with Gasteiger partial charge in [0, 0.05) is 18.7 Å². The normalized spacial score (nSPS) is 22.2. The van der Waals surface area contributed by atoms with Crippen LogP contribution in [0.2, 0.25) is 0 Å². The first-order valence-corrected chi connectivity index (χ1v) is 8.00. The summed E-state index contributed by atoms with van der Waals surface area (Å²) in [5, 5.41) is 0.